The zero-order valence-electron chi connectivity index (χ0n) is 23.9. The lowest BCUT2D eigenvalue weighted by molar-refractivity contribution is 0.223. The van der Waals surface area contributed by atoms with Crippen molar-refractivity contribution in [3.63, 3.8) is 0 Å². The molecule has 1 nitrogen and oxygen atoms in total. The van der Waals surface area contributed by atoms with Crippen molar-refractivity contribution < 1.29 is 0 Å². The molecule has 0 spiro atoms. The summed E-state index contributed by atoms with van der Waals surface area (Å²) in [5, 5.41) is 9.96. The maximum absolute atomic E-state index is 9.96. The zero-order chi connectivity index (χ0) is 26.6. The van der Waals surface area contributed by atoms with Gasteiger partial charge in [-0.2, -0.15) is 5.26 Å². The molecular weight excluding hydrogens is 499 g/mol. The smallest absolute Gasteiger partial charge is 0.0751 e. The lowest BCUT2D eigenvalue weighted by Gasteiger charge is -2.35. The van der Waals surface area contributed by atoms with Crippen LogP contribution in [0.5, 0.6) is 0 Å². The minimum Gasteiger partial charge on any atom is -0.198 e. The van der Waals surface area contributed by atoms with Gasteiger partial charge in [0.25, 0.3) is 0 Å². The molecule has 1 aliphatic heterocycles. The van der Waals surface area contributed by atoms with Crippen molar-refractivity contribution in [3.05, 3.63) is 59.7 Å². The summed E-state index contributed by atoms with van der Waals surface area (Å²) in [4.78, 5) is 0. The number of benzene rings is 2. The molecule has 3 heteroatoms. The highest BCUT2D eigenvalue weighted by Crippen LogP contribution is 2.47. The Morgan fingerprint density at radius 1 is 0.737 bits per heavy atom. The third kappa shape index (κ3) is 8.32. The van der Waals surface area contributed by atoms with Crippen LogP contribution in [-0.2, 0) is 0 Å². The largest absolute Gasteiger partial charge is 0.198 e. The van der Waals surface area contributed by atoms with Gasteiger partial charge in [0, 0.05) is 0 Å². The quantitative estimate of drug-likeness (QED) is 0.233. The van der Waals surface area contributed by atoms with Crippen LogP contribution in [0, 0.1) is 22.7 Å². The van der Waals surface area contributed by atoms with Gasteiger partial charge in [0.15, 0.2) is 0 Å². The Labute approximate surface area is 242 Å². The van der Waals surface area contributed by atoms with Gasteiger partial charge in [-0.25, -0.2) is 0 Å². The van der Waals surface area contributed by atoms with Crippen LogP contribution in [0.1, 0.15) is 125 Å². The van der Waals surface area contributed by atoms with Gasteiger partial charge in [-0.15, -0.1) is 23.5 Å². The Balaban J connectivity index is 1.25. The molecule has 2 aromatic carbocycles. The lowest BCUT2D eigenvalue weighted by Crippen LogP contribution is -2.25. The van der Waals surface area contributed by atoms with Crippen molar-refractivity contribution in [2.75, 3.05) is 11.5 Å². The van der Waals surface area contributed by atoms with E-state index >= 15 is 0 Å². The number of hydrogen-bond acceptors (Lipinski definition) is 3. The Bertz CT molecular complexity index is 974. The first-order chi connectivity index (χ1) is 18.7. The maximum Gasteiger partial charge on any atom is 0.0751 e. The molecule has 0 radical (unpaired) electrons. The summed E-state index contributed by atoms with van der Waals surface area (Å²) in [7, 11) is 0. The van der Waals surface area contributed by atoms with Gasteiger partial charge in [-0.3, -0.25) is 0 Å². The normalized spacial score (nSPS) is 25.7. The molecular formula is C35H49NS2. The van der Waals surface area contributed by atoms with Gasteiger partial charge in [-0.1, -0.05) is 114 Å². The standard InChI is InChI=1S/C35H49NS2/c1-3-5-7-8-10-22-35(27-36)23-20-32(21-24-35)31-14-12-29(13-15-31)30-16-18-33(19-17-30)34-37-25-28(26-38-34)11-9-6-4-2/h12-19,28,32,34H,3-11,20-26H2,1-2H3. The first kappa shape index (κ1) is 29.6. The summed E-state index contributed by atoms with van der Waals surface area (Å²) in [5.74, 6) is 4.15. The van der Waals surface area contributed by atoms with Crippen molar-refractivity contribution in [2.45, 2.75) is 114 Å². The van der Waals surface area contributed by atoms with Crippen LogP contribution in [0.25, 0.3) is 11.1 Å². The summed E-state index contributed by atoms with van der Waals surface area (Å²) in [6.07, 6.45) is 17.6. The second-order valence-corrected chi connectivity index (χ2v) is 14.5. The van der Waals surface area contributed by atoms with E-state index in [1.807, 2.05) is 0 Å². The molecule has 0 unspecified atom stereocenters. The number of thioether (sulfide) groups is 2. The molecule has 0 aromatic heterocycles. The molecule has 206 valence electrons. The number of nitrogens with zero attached hydrogens (tertiary/aromatic N) is 1. The summed E-state index contributed by atoms with van der Waals surface area (Å²) in [5.41, 5.74) is 5.51. The van der Waals surface area contributed by atoms with Gasteiger partial charge in [0.05, 0.1) is 16.1 Å². The summed E-state index contributed by atoms with van der Waals surface area (Å²) in [6.45, 7) is 4.56. The highest BCUT2D eigenvalue weighted by Gasteiger charge is 2.35. The minimum atomic E-state index is -0.0602. The first-order valence-electron chi connectivity index (χ1n) is 15.5. The van der Waals surface area contributed by atoms with E-state index in [2.05, 4.69) is 92.0 Å². The molecule has 1 saturated carbocycles. The van der Waals surface area contributed by atoms with Crippen LogP contribution < -0.4 is 0 Å². The van der Waals surface area contributed by atoms with Gasteiger partial charge in [0.2, 0.25) is 0 Å². The number of hydrogen-bond donors (Lipinski definition) is 0. The van der Waals surface area contributed by atoms with Crippen molar-refractivity contribution in [2.24, 2.45) is 11.3 Å². The molecule has 38 heavy (non-hydrogen) atoms. The summed E-state index contributed by atoms with van der Waals surface area (Å²) < 4.78 is 0.594. The van der Waals surface area contributed by atoms with Crippen molar-refractivity contribution in [3.8, 4) is 17.2 Å². The topological polar surface area (TPSA) is 23.8 Å². The molecule has 2 aliphatic rings. The lowest BCUT2D eigenvalue weighted by atomic mass is 9.67. The van der Waals surface area contributed by atoms with Gasteiger partial charge < -0.3 is 0 Å². The fourth-order valence-corrected chi connectivity index (χ4v) is 9.52. The Morgan fingerprint density at radius 3 is 1.87 bits per heavy atom. The van der Waals surface area contributed by atoms with E-state index in [1.165, 1.54) is 91.5 Å². The molecule has 0 atom stereocenters. The molecule has 1 heterocycles. The molecule has 2 fully saturated rings. The highest BCUT2D eigenvalue weighted by atomic mass is 32.2. The van der Waals surface area contributed by atoms with E-state index in [0.29, 0.717) is 10.5 Å². The SMILES string of the molecule is CCCCCCCC1(C#N)CCC(c2ccc(-c3ccc(C4SCC(CCCCC)CS4)cc3)cc2)CC1. The molecule has 1 saturated heterocycles. The van der Waals surface area contributed by atoms with Crippen LogP contribution in [-0.4, -0.2) is 11.5 Å². The van der Waals surface area contributed by atoms with Crippen LogP contribution in [0.2, 0.25) is 0 Å². The van der Waals surface area contributed by atoms with Gasteiger partial charge >= 0.3 is 0 Å². The Morgan fingerprint density at radius 2 is 1.29 bits per heavy atom. The predicted octanol–water partition coefficient (Wildman–Crippen LogP) is 11.6. The predicted molar refractivity (Wildman–Crippen MR) is 170 cm³/mol. The summed E-state index contributed by atoms with van der Waals surface area (Å²) in [6, 6.07) is 21.4. The summed E-state index contributed by atoms with van der Waals surface area (Å²) >= 11 is 4.31. The second kappa shape index (κ2) is 15.4. The molecule has 1 aliphatic carbocycles. The van der Waals surface area contributed by atoms with Crippen molar-refractivity contribution in [1.82, 2.24) is 0 Å². The third-order valence-corrected chi connectivity index (χ3v) is 12.3. The molecule has 0 N–H and O–H groups in total. The minimum absolute atomic E-state index is 0.0602. The van der Waals surface area contributed by atoms with E-state index in [4.69, 9.17) is 0 Å². The number of rotatable bonds is 13. The molecule has 0 amide bonds. The Hall–Kier alpha value is -1.37. The van der Waals surface area contributed by atoms with E-state index < -0.39 is 0 Å². The first-order valence-corrected chi connectivity index (χ1v) is 17.6. The van der Waals surface area contributed by atoms with E-state index in [1.54, 1.807) is 0 Å². The van der Waals surface area contributed by atoms with E-state index in [-0.39, 0.29) is 5.41 Å². The fraction of sp³-hybridized carbons (Fsp3) is 0.629. The average molecular weight is 548 g/mol. The molecule has 0 bridgehead atoms. The maximum atomic E-state index is 9.96. The third-order valence-electron chi connectivity index (χ3n) is 9.02. The van der Waals surface area contributed by atoms with Crippen LogP contribution in [0.4, 0.5) is 0 Å². The van der Waals surface area contributed by atoms with E-state index in [9.17, 15) is 5.26 Å². The second-order valence-electron chi connectivity index (χ2n) is 11.9. The van der Waals surface area contributed by atoms with Gasteiger partial charge in [-0.05, 0) is 84.1 Å². The zero-order valence-corrected chi connectivity index (χ0v) is 25.6. The fourth-order valence-electron chi connectivity index (χ4n) is 6.35. The van der Waals surface area contributed by atoms with Crippen LogP contribution >= 0.6 is 23.5 Å². The highest BCUT2D eigenvalue weighted by molar-refractivity contribution is 8.16. The van der Waals surface area contributed by atoms with Crippen molar-refractivity contribution in [1.29, 1.82) is 5.26 Å². The molecule has 2 aromatic rings. The monoisotopic (exact) mass is 547 g/mol. The van der Waals surface area contributed by atoms with Crippen molar-refractivity contribution >= 4 is 23.5 Å². The average Bonchev–Trinajstić information content (AvgIpc) is 2.98. The number of nitriles is 1. The Kier molecular flexibility index (Phi) is 12.0. The van der Waals surface area contributed by atoms with E-state index in [0.717, 1.165) is 38.0 Å². The van der Waals surface area contributed by atoms with Gasteiger partial charge in [0.1, 0.15) is 0 Å². The number of unbranched alkanes of at least 4 members (excludes halogenated alkanes) is 6. The van der Waals surface area contributed by atoms with Crippen LogP contribution in [0.15, 0.2) is 48.5 Å². The van der Waals surface area contributed by atoms with Crippen LogP contribution in [0.3, 0.4) is 0 Å². The molecule has 4 rings (SSSR count).